The van der Waals surface area contributed by atoms with E-state index in [1.807, 2.05) is 0 Å². The number of likely N-dealkylation sites (tertiary alicyclic amines) is 1. The summed E-state index contributed by atoms with van der Waals surface area (Å²) >= 11 is 0. The Bertz CT molecular complexity index is 332. The van der Waals surface area contributed by atoms with Crippen molar-refractivity contribution in [1.29, 1.82) is 0 Å². The second-order valence-corrected chi connectivity index (χ2v) is 6.96. The first-order chi connectivity index (χ1) is 9.52. The molecule has 2 fully saturated rings. The summed E-state index contributed by atoms with van der Waals surface area (Å²) in [7, 11) is 2.19. The largest absolute Gasteiger partial charge is 0.325 e. The van der Waals surface area contributed by atoms with Crippen molar-refractivity contribution in [2.75, 3.05) is 26.7 Å². The summed E-state index contributed by atoms with van der Waals surface area (Å²) in [5, 5.41) is 3.55. The molecule has 3 unspecified atom stereocenters. The zero-order chi connectivity index (χ0) is 14.7. The highest BCUT2D eigenvalue weighted by atomic mass is 16.2. The van der Waals surface area contributed by atoms with Gasteiger partial charge in [-0.2, -0.15) is 0 Å². The van der Waals surface area contributed by atoms with Crippen LogP contribution in [-0.4, -0.2) is 54.6 Å². The van der Waals surface area contributed by atoms with Crippen molar-refractivity contribution in [2.45, 2.75) is 58.7 Å². The fourth-order valence-electron chi connectivity index (χ4n) is 3.66. The monoisotopic (exact) mass is 281 g/mol. The highest BCUT2D eigenvalue weighted by Gasteiger charge is 2.40. The molecule has 0 spiro atoms. The minimum atomic E-state index is 0.0497. The molecule has 20 heavy (non-hydrogen) atoms. The van der Waals surface area contributed by atoms with Gasteiger partial charge in [0.25, 0.3) is 0 Å². The summed E-state index contributed by atoms with van der Waals surface area (Å²) in [6, 6.07) is 0.0497. The van der Waals surface area contributed by atoms with Crippen LogP contribution in [-0.2, 0) is 4.79 Å². The van der Waals surface area contributed by atoms with Crippen LogP contribution in [0.5, 0.6) is 0 Å². The van der Waals surface area contributed by atoms with Gasteiger partial charge in [0, 0.05) is 13.1 Å². The summed E-state index contributed by atoms with van der Waals surface area (Å²) in [6.45, 7) is 9.83. The standard InChI is InChI=1S/C16H31N3O/c1-5-7-14-16(20)19(15(17-14)12(2)3)11-13-8-6-9-18(4)10-13/h12-15,17H,5-11H2,1-4H3. The number of carbonyl (C=O) groups is 1. The van der Waals surface area contributed by atoms with Gasteiger partial charge in [-0.15, -0.1) is 0 Å². The van der Waals surface area contributed by atoms with Crippen LogP contribution in [0.3, 0.4) is 0 Å². The third kappa shape index (κ3) is 3.53. The van der Waals surface area contributed by atoms with E-state index >= 15 is 0 Å². The van der Waals surface area contributed by atoms with Crippen LogP contribution in [0.1, 0.15) is 46.5 Å². The normalized spacial score (nSPS) is 32.4. The fourth-order valence-corrected chi connectivity index (χ4v) is 3.66. The number of rotatable bonds is 5. The molecule has 4 nitrogen and oxygen atoms in total. The lowest BCUT2D eigenvalue weighted by molar-refractivity contribution is -0.131. The molecule has 2 saturated heterocycles. The Morgan fingerprint density at radius 1 is 1.40 bits per heavy atom. The quantitative estimate of drug-likeness (QED) is 0.836. The average Bonchev–Trinajstić information content (AvgIpc) is 2.69. The van der Waals surface area contributed by atoms with Crippen molar-refractivity contribution in [2.24, 2.45) is 11.8 Å². The Kier molecular flexibility index (Phi) is 5.44. The smallest absolute Gasteiger partial charge is 0.241 e. The van der Waals surface area contributed by atoms with Gasteiger partial charge in [0.1, 0.15) is 0 Å². The van der Waals surface area contributed by atoms with Gasteiger partial charge in [-0.25, -0.2) is 0 Å². The van der Waals surface area contributed by atoms with E-state index in [1.54, 1.807) is 0 Å². The van der Waals surface area contributed by atoms with Gasteiger partial charge >= 0.3 is 0 Å². The maximum absolute atomic E-state index is 12.6. The van der Waals surface area contributed by atoms with E-state index in [-0.39, 0.29) is 12.2 Å². The van der Waals surface area contributed by atoms with E-state index in [0.29, 0.717) is 17.7 Å². The van der Waals surface area contributed by atoms with Crippen LogP contribution in [0.25, 0.3) is 0 Å². The van der Waals surface area contributed by atoms with Gasteiger partial charge in [0.15, 0.2) is 0 Å². The average molecular weight is 281 g/mol. The molecule has 0 aliphatic carbocycles. The minimum absolute atomic E-state index is 0.0497. The van der Waals surface area contributed by atoms with Gasteiger partial charge in [-0.3, -0.25) is 10.1 Å². The Balaban J connectivity index is 2.00. The number of piperidine rings is 1. The second-order valence-electron chi connectivity index (χ2n) is 6.96. The summed E-state index contributed by atoms with van der Waals surface area (Å²) in [4.78, 5) is 17.1. The topological polar surface area (TPSA) is 35.6 Å². The van der Waals surface area contributed by atoms with Gasteiger partial charge in [0.05, 0.1) is 12.2 Å². The third-order valence-electron chi connectivity index (χ3n) is 4.67. The van der Waals surface area contributed by atoms with E-state index < -0.39 is 0 Å². The van der Waals surface area contributed by atoms with Crippen LogP contribution >= 0.6 is 0 Å². The van der Waals surface area contributed by atoms with Gasteiger partial charge in [-0.1, -0.05) is 27.2 Å². The Morgan fingerprint density at radius 2 is 2.15 bits per heavy atom. The molecule has 1 amide bonds. The maximum atomic E-state index is 12.6. The van der Waals surface area contributed by atoms with E-state index in [4.69, 9.17) is 0 Å². The zero-order valence-corrected chi connectivity index (χ0v) is 13.6. The molecule has 0 bridgehead atoms. The highest BCUT2D eigenvalue weighted by Crippen LogP contribution is 2.24. The molecule has 116 valence electrons. The predicted molar refractivity (Wildman–Crippen MR) is 82.4 cm³/mol. The zero-order valence-electron chi connectivity index (χ0n) is 13.6. The molecule has 2 aliphatic rings. The first-order valence-corrected chi connectivity index (χ1v) is 8.28. The van der Waals surface area contributed by atoms with Crippen molar-refractivity contribution >= 4 is 5.91 Å². The molecular formula is C16H31N3O. The molecule has 1 N–H and O–H groups in total. The number of nitrogens with one attached hydrogen (secondary N) is 1. The first kappa shape index (κ1) is 15.8. The van der Waals surface area contributed by atoms with Gasteiger partial charge in [-0.05, 0) is 44.7 Å². The van der Waals surface area contributed by atoms with Crippen LogP contribution in [0.4, 0.5) is 0 Å². The Hall–Kier alpha value is -0.610. The molecule has 4 heteroatoms. The fraction of sp³-hybridized carbons (Fsp3) is 0.938. The number of hydrogen-bond donors (Lipinski definition) is 1. The molecule has 0 aromatic rings. The van der Waals surface area contributed by atoms with E-state index in [2.05, 4.69) is 42.9 Å². The molecule has 2 rings (SSSR count). The lowest BCUT2D eigenvalue weighted by Gasteiger charge is -2.35. The molecular weight excluding hydrogens is 250 g/mol. The summed E-state index contributed by atoms with van der Waals surface area (Å²) < 4.78 is 0. The summed E-state index contributed by atoms with van der Waals surface area (Å²) in [5.41, 5.74) is 0. The SMILES string of the molecule is CCCC1NC(C(C)C)N(CC2CCCN(C)C2)C1=O. The second kappa shape index (κ2) is 6.90. The summed E-state index contributed by atoms with van der Waals surface area (Å²) in [5.74, 6) is 1.45. The van der Waals surface area contributed by atoms with Crippen molar-refractivity contribution in [3.05, 3.63) is 0 Å². The predicted octanol–water partition coefficient (Wildman–Crippen LogP) is 1.91. The van der Waals surface area contributed by atoms with E-state index in [0.717, 1.165) is 25.9 Å². The van der Waals surface area contributed by atoms with Crippen molar-refractivity contribution < 1.29 is 4.79 Å². The van der Waals surface area contributed by atoms with Crippen LogP contribution in [0.15, 0.2) is 0 Å². The molecule has 0 saturated carbocycles. The van der Waals surface area contributed by atoms with Crippen LogP contribution in [0, 0.1) is 11.8 Å². The molecule has 0 aromatic heterocycles. The Morgan fingerprint density at radius 3 is 2.75 bits per heavy atom. The number of hydrogen-bond acceptors (Lipinski definition) is 3. The lowest BCUT2D eigenvalue weighted by atomic mass is 9.97. The third-order valence-corrected chi connectivity index (χ3v) is 4.67. The molecule has 0 aromatic carbocycles. The highest BCUT2D eigenvalue weighted by molar-refractivity contribution is 5.84. The number of carbonyl (C=O) groups excluding carboxylic acids is 1. The minimum Gasteiger partial charge on any atom is -0.325 e. The lowest BCUT2D eigenvalue weighted by Crippen LogP contribution is -2.46. The number of nitrogens with zero attached hydrogens (tertiary/aromatic N) is 2. The summed E-state index contributed by atoms with van der Waals surface area (Å²) in [6.07, 6.45) is 4.78. The van der Waals surface area contributed by atoms with Crippen molar-refractivity contribution in [3.63, 3.8) is 0 Å². The van der Waals surface area contributed by atoms with Crippen molar-refractivity contribution in [1.82, 2.24) is 15.1 Å². The Labute approximate surface area is 123 Å². The molecule has 2 aliphatic heterocycles. The molecule has 3 atom stereocenters. The molecule has 0 radical (unpaired) electrons. The van der Waals surface area contributed by atoms with E-state index in [9.17, 15) is 4.79 Å². The van der Waals surface area contributed by atoms with Gasteiger partial charge in [0.2, 0.25) is 5.91 Å². The van der Waals surface area contributed by atoms with Crippen molar-refractivity contribution in [3.8, 4) is 0 Å². The maximum Gasteiger partial charge on any atom is 0.241 e. The van der Waals surface area contributed by atoms with Gasteiger partial charge < -0.3 is 9.80 Å². The first-order valence-electron chi connectivity index (χ1n) is 8.28. The van der Waals surface area contributed by atoms with Crippen LogP contribution in [0.2, 0.25) is 0 Å². The number of amides is 1. The molecule has 2 heterocycles. The van der Waals surface area contributed by atoms with Crippen LogP contribution < -0.4 is 5.32 Å². The van der Waals surface area contributed by atoms with E-state index in [1.165, 1.54) is 19.4 Å².